The van der Waals surface area contributed by atoms with Gasteiger partial charge in [-0.05, 0) is 17.5 Å². The maximum atomic E-state index is 10.8. The highest BCUT2D eigenvalue weighted by molar-refractivity contribution is 5.97. The van der Waals surface area contributed by atoms with Crippen molar-refractivity contribution in [3.63, 3.8) is 0 Å². The molecule has 0 fully saturated rings. The van der Waals surface area contributed by atoms with Gasteiger partial charge in [-0.1, -0.05) is 19.9 Å². The normalized spacial score (nSPS) is 11.1. The van der Waals surface area contributed by atoms with Crippen molar-refractivity contribution in [1.82, 2.24) is 10.2 Å². The van der Waals surface area contributed by atoms with Crippen LogP contribution in [0.4, 0.5) is 0 Å². The summed E-state index contributed by atoms with van der Waals surface area (Å²) in [6.45, 7) is 4.25. The summed E-state index contributed by atoms with van der Waals surface area (Å²) in [4.78, 5) is 10.8. The predicted octanol–water partition coefficient (Wildman–Crippen LogP) is 2.50. The Morgan fingerprint density at radius 3 is 2.86 bits per heavy atom. The highest BCUT2D eigenvalue weighted by Crippen LogP contribution is 2.25. The molecule has 72 valence electrons. The minimum absolute atomic E-state index is 0.441. The van der Waals surface area contributed by atoms with E-state index < -0.39 is 0 Å². The molecule has 1 N–H and O–H groups in total. The van der Waals surface area contributed by atoms with E-state index in [1.54, 1.807) is 6.20 Å². The van der Waals surface area contributed by atoms with E-state index in [-0.39, 0.29) is 0 Å². The molecule has 2 aromatic rings. The number of hydrogen-bond donors (Lipinski definition) is 1. The molecular formula is C11H12N2O. The van der Waals surface area contributed by atoms with E-state index >= 15 is 0 Å². The molecule has 0 amide bonds. The van der Waals surface area contributed by atoms with Crippen LogP contribution in [-0.4, -0.2) is 16.5 Å². The third-order valence-electron chi connectivity index (χ3n) is 2.43. The topological polar surface area (TPSA) is 45.8 Å². The summed E-state index contributed by atoms with van der Waals surface area (Å²) in [6, 6.07) is 3.83. The summed E-state index contributed by atoms with van der Waals surface area (Å²) in [6.07, 6.45) is 2.63. The van der Waals surface area contributed by atoms with E-state index in [0.29, 0.717) is 11.5 Å². The molecular weight excluding hydrogens is 176 g/mol. The monoisotopic (exact) mass is 188 g/mol. The second-order valence-electron chi connectivity index (χ2n) is 3.68. The molecule has 0 unspecified atom stereocenters. The van der Waals surface area contributed by atoms with Gasteiger partial charge in [0.25, 0.3) is 0 Å². The van der Waals surface area contributed by atoms with E-state index in [9.17, 15) is 4.79 Å². The molecule has 2 rings (SSSR count). The zero-order chi connectivity index (χ0) is 10.1. The summed E-state index contributed by atoms with van der Waals surface area (Å²) in [5.74, 6) is 0.441. The Balaban J connectivity index is 2.78. The number of fused-ring (bicyclic) bond motifs is 1. The molecule has 1 aromatic carbocycles. The lowest BCUT2D eigenvalue weighted by Gasteiger charge is -2.06. The third-order valence-corrected chi connectivity index (χ3v) is 2.43. The van der Waals surface area contributed by atoms with Gasteiger partial charge in [0.2, 0.25) is 0 Å². The van der Waals surface area contributed by atoms with Crippen LogP contribution in [0, 0.1) is 0 Å². The number of hydrogen-bond acceptors (Lipinski definition) is 2. The zero-order valence-electron chi connectivity index (χ0n) is 8.24. The van der Waals surface area contributed by atoms with Gasteiger partial charge in [-0.2, -0.15) is 5.10 Å². The largest absolute Gasteiger partial charge is 0.298 e. The molecule has 3 heteroatoms. The van der Waals surface area contributed by atoms with E-state index in [4.69, 9.17) is 0 Å². The smallest absolute Gasteiger partial charge is 0.152 e. The standard InChI is InChI=1S/C11H12N2O/c1-7(2)9-4-3-8(6-14)11-10(9)5-12-13-11/h3-7H,1-2H3,(H,12,13). The molecule has 1 aromatic heterocycles. The van der Waals surface area contributed by atoms with Crippen LogP contribution in [0.2, 0.25) is 0 Å². The van der Waals surface area contributed by atoms with Gasteiger partial charge in [0.15, 0.2) is 6.29 Å². The van der Waals surface area contributed by atoms with Gasteiger partial charge in [0.05, 0.1) is 11.7 Å². The van der Waals surface area contributed by atoms with Crippen molar-refractivity contribution < 1.29 is 4.79 Å². The third kappa shape index (κ3) is 1.21. The Morgan fingerprint density at radius 1 is 1.43 bits per heavy atom. The van der Waals surface area contributed by atoms with E-state index in [2.05, 4.69) is 24.0 Å². The highest BCUT2D eigenvalue weighted by atomic mass is 16.1. The van der Waals surface area contributed by atoms with Crippen LogP contribution in [-0.2, 0) is 0 Å². The number of aromatic nitrogens is 2. The Morgan fingerprint density at radius 2 is 2.21 bits per heavy atom. The first kappa shape index (κ1) is 8.94. The number of H-pyrrole nitrogens is 1. The second kappa shape index (κ2) is 3.25. The van der Waals surface area contributed by atoms with Gasteiger partial charge in [-0.15, -0.1) is 0 Å². The molecule has 0 atom stereocenters. The van der Waals surface area contributed by atoms with Gasteiger partial charge in [0.1, 0.15) is 0 Å². The van der Waals surface area contributed by atoms with Crippen LogP contribution in [0.25, 0.3) is 10.9 Å². The van der Waals surface area contributed by atoms with Crippen molar-refractivity contribution in [1.29, 1.82) is 0 Å². The molecule has 0 aliphatic carbocycles. The molecule has 0 saturated heterocycles. The number of nitrogens with one attached hydrogen (secondary N) is 1. The molecule has 1 heterocycles. The molecule has 0 aliphatic heterocycles. The van der Waals surface area contributed by atoms with Crippen molar-refractivity contribution in [2.45, 2.75) is 19.8 Å². The summed E-state index contributed by atoms with van der Waals surface area (Å²) in [5, 5.41) is 7.87. The quantitative estimate of drug-likeness (QED) is 0.736. The highest BCUT2D eigenvalue weighted by Gasteiger charge is 2.09. The van der Waals surface area contributed by atoms with Gasteiger partial charge in [-0.3, -0.25) is 9.89 Å². The maximum absolute atomic E-state index is 10.8. The van der Waals surface area contributed by atoms with Gasteiger partial charge in [-0.25, -0.2) is 0 Å². The molecule has 0 spiro atoms. The summed E-state index contributed by atoms with van der Waals surface area (Å²) >= 11 is 0. The second-order valence-corrected chi connectivity index (χ2v) is 3.68. The van der Waals surface area contributed by atoms with Crippen LogP contribution >= 0.6 is 0 Å². The summed E-state index contributed by atoms with van der Waals surface area (Å²) in [7, 11) is 0. The average Bonchev–Trinajstić information content (AvgIpc) is 2.64. The molecule has 3 nitrogen and oxygen atoms in total. The first-order valence-electron chi connectivity index (χ1n) is 4.65. The van der Waals surface area contributed by atoms with Crippen LogP contribution in [0.3, 0.4) is 0 Å². The lowest BCUT2D eigenvalue weighted by Crippen LogP contribution is -1.91. The van der Waals surface area contributed by atoms with Crippen LogP contribution in [0.5, 0.6) is 0 Å². The number of carbonyl (C=O) groups excluding carboxylic acids is 1. The first-order chi connectivity index (χ1) is 6.74. The molecule has 14 heavy (non-hydrogen) atoms. The molecule has 0 aliphatic rings. The summed E-state index contributed by atoms with van der Waals surface area (Å²) in [5.41, 5.74) is 2.73. The van der Waals surface area contributed by atoms with Gasteiger partial charge < -0.3 is 0 Å². The Labute approximate surface area is 82.1 Å². The fraction of sp³-hybridized carbons (Fsp3) is 0.273. The van der Waals surface area contributed by atoms with Crippen molar-refractivity contribution in [3.05, 3.63) is 29.5 Å². The van der Waals surface area contributed by atoms with Crippen molar-refractivity contribution >= 4 is 17.2 Å². The number of rotatable bonds is 2. The average molecular weight is 188 g/mol. The molecule has 0 saturated carbocycles. The lowest BCUT2D eigenvalue weighted by molar-refractivity contribution is 0.112. The van der Waals surface area contributed by atoms with Gasteiger partial charge in [0, 0.05) is 10.9 Å². The zero-order valence-corrected chi connectivity index (χ0v) is 8.24. The fourth-order valence-corrected chi connectivity index (χ4v) is 1.68. The number of aromatic amines is 1. The van der Waals surface area contributed by atoms with Crippen molar-refractivity contribution in [3.8, 4) is 0 Å². The Bertz CT molecular complexity index is 471. The fourth-order valence-electron chi connectivity index (χ4n) is 1.68. The van der Waals surface area contributed by atoms with Crippen molar-refractivity contribution in [2.24, 2.45) is 0 Å². The van der Waals surface area contributed by atoms with E-state index in [1.807, 2.05) is 12.1 Å². The lowest BCUT2D eigenvalue weighted by atomic mass is 9.98. The Hall–Kier alpha value is -1.64. The summed E-state index contributed by atoms with van der Waals surface area (Å²) < 4.78 is 0. The molecule has 0 radical (unpaired) electrons. The first-order valence-corrected chi connectivity index (χ1v) is 4.65. The Kier molecular flexibility index (Phi) is 2.08. The number of aldehydes is 1. The van der Waals surface area contributed by atoms with Crippen LogP contribution < -0.4 is 0 Å². The van der Waals surface area contributed by atoms with Gasteiger partial charge >= 0.3 is 0 Å². The number of benzene rings is 1. The van der Waals surface area contributed by atoms with Crippen LogP contribution in [0.1, 0.15) is 35.7 Å². The number of nitrogens with zero attached hydrogens (tertiary/aromatic N) is 1. The minimum atomic E-state index is 0.441. The van der Waals surface area contributed by atoms with E-state index in [0.717, 1.165) is 17.2 Å². The van der Waals surface area contributed by atoms with Crippen LogP contribution in [0.15, 0.2) is 18.3 Å². The van der Waals surface area contributed by atoms with Crippen molar-refractivity contribution in [2.75, 3.05) is 0 Å². The maximum Gasteiger partial charge on any atom is 0.152 e. The minimum Gasteiger partial charge on any atom is -0.298 e. The molecule has 0 bridgehead atoms. The number of carbonyl (C=O) groups is 1. The predicted molar refractivity (Wildman–Crippen MR) is 55.6 cm³/mol. The SMILES string of the molecule is CC(C)c1ccc(C=O)c2[nH]ncc12. The van der Waals surface area contributed by atoms with E-state index in [1.165, 1.54) is 5.56 Å².